The molecule has 0 aliphatic heterocycles. The van der Waals surface area contributed by atoms with E-state index in [0.717, 1.165) is 22.4 Å². The molecule has 1 aromatic carbocycles. The second-order valence-electron chi connectivity index (χ2n) is 4.39. The molecule has 3 rings (SSSR count). The Bertz CT molecular complexity index is 782. The van der Waals surface area contributed by atoms with Crippen molar-refractivity contribution in [2.24, 2.45) is 7.05 Å². The zero-order valence-corrected chi connectivity index (χ0v) is 10.9. The van der Waals surface area contributed by atoms with E-state index in [2.05, 4.69) is 26.5 Å². The summed E-state index contributed by atoms with van der Waals surface area (Å²) in [4.78, 5) is 8.43. The second-order valence-corrected chi connectivity index (χ2v) is 4.39. The minimum absolute atomic E-state index is 0.632. The Morgan fingerprint density at radius 1 is 1.25 bits per heavy atom. The third-order valence-corrected chi connectivity index (χ3v) is 3.07. The van der Waals surface area contributed by atoms with Gasteiger partial charge in [-0.3, -0.25) is 4.68 Å². The molecule has 0 radical (unpaired) electrons. The number of hydrogen-bond donors (Lipinski definition) is 1. The molecule has 0 bridgehead atoms. The van der Waals surface area contributed by atoms with E-state index in [9.17, 15) is 0 Å². The molecule has 6 nitrogen and oxygen atoms in total. The minimum atomic E-state index is 0.632. The minimum Gasteiger partial charge on any atom is -0.365 e. The largest absolute Gasteiger partial charge is 0.365 e. The van der Waals surface area contributed by atoms with Crippen molar-refractivity contribution in [2.45, 2.75) is 6.54 Å². The van der Waals surface area contributed by atoms with Crippen molar-refractivity contribution >= 4 is 16.9 Å². The highest BCUT2D eigenvalue weighted by Crippen LogP contribution is 2.18. The number of rotatable bonds is 3. The number of anilines is 1. The first-order valence-corrected chi connectivity index (χ1v) is 6.13. The van der Waals surface area contributed by atoms with E-state index in [-0.39, 0.29) is 0 Å². The summed E-state index contributed by atoms with van der Waals surface area (Å²) >= 11 is 0. The van der Waals surface area contributed by atoms with Gasteiger partial charge in [0.2, 0.25) is 0 Å². The quantitative estimate of drug-likeness (QED) is 0.781. The number of aryl methyl sites for hydroxylation is 1. The van der Waals surface area contributed by atoms with Gasteiger partial charge in [0, 0.05) is 13.6 Å². The topological polar surface area (TPSA) is 79.4 Å². The molecule has 0 saturated heterocycles. The van der Waals surface area contributed by atoms with Crippen LogP contribution in [0.25, 0.3) is 11.0 Å². The molecular formula is C14H12N6. The Morgan fingerprint density at radius 3 is 2.80 bits per heavy atom. The molecule has 20 heavy (non-hydrogen) atoms. The van der Waals surface area contributed by atoms with Crippen LogP contribution in [-0.2, 0) is 13.6 Å². The summed E-state index contributed by atoms with van der Waals surface area (Å²) in [5, 5.41) is 17.1. The van der Waals surface area contributed by atoms with E-state index in [0.29, 0.717) is 12.1 Å². The van der Waals surface area contributed by atoms with Gasteiger partial charge < -0.3 is 5.32 Å². The van der Waals surface area contributed by atoms with Crippen molar-refractivity contribution in [1.82, 2.24) is 19.7 Å². The Hall–Kier alpha value is -2.94. The van der Waals surface area contributed by atoms with Gasteiger partial charge in [-0.15, -0.1) is 0 Å². The van der Waals surface area contributed by atoms with Gasteiger partial charge in [-0.2, -0.15) is 10.4 Å². The normalized spacial score (nSPS) is 10.4. The molecule has 2 heterocycles. The summed E-state index contributed by atoms with van der Waals surface area (Å²) in [6.45, 7) is 0.632. The van der Waals surface area contributed by atoms with Gasteiger partial charge in [0.05, 0.1) is 23.2 Å². The molecule has 3 aromatic rings. The highest BCUT2D eigenvalue weighted by Gasteiger charge is 2.07. The fourth-order valence-corrected chi connectivity index (χ4v) is 1.99. The Kier molecular flexibility index (Phi) is 3.01. The number of aromatic nitrogens is 4. The average Bonchev–Trinajstić information content (AvgIpc) is 2.88. The number of nitrogens with zero attached hydrogens (tertiary/aromatic N) is 5. The highest BCUT2D eigenvalue weighted by molar-refractivity contribution is 5.85. The summed E-state index contributed by atoms with van der Waals surface area (Å²) in [5.74, 6) is 0.757. The Balaban J connectivity index is 1.81. The number of hydrogen-bond acceptors (Lipinski definition) is 5. The molecule has 0 aliphatic carbocycles. The molecule has 0 saturated carbocycles. The lowest BCUT2D eigenvalue weighted by Gasteiger charge is -2.06. The highest BCUT2D eigenvalue weighted by atomic mass is 15.3. The summed E-state index contributed by atoms with van der Waals surface area (Å²) in [5.41, 5.74) is 2.53. The Labute approximate surface area is 115 Å². The zero-order chi connectivity index (χ0) is 13.9. The van der Waals surface area contributed by atoms with Crippen LogP contribution >= 0.6 is 0 Å². The first-order valence-electron chi connectivity index (χ1n) is 6.13. The maximum Gasteiger partial charge on any atom is 0.163 e. The zero-order valence-electron chi connectivity index (χ0n) is 10.9. The lowest BCUT2D eigenvalue weighted by atomic mass is 10.1. The number of fused-ring (bicyclic) bond motifs is 1. The van der Waals surface area contributed by atoms with E-state index < -0.39 is 0 Å². The van der Waals surface area contributed by atoms with Gasteiger partial charge in [0.15, 0.2) is 5.65 Å². The van der Waals surface area contributed by atoms with Gasteiger partial charge >= 0.3 is 0 Å². The SMILES string of the molecule is Cn1ncc2c(NCc3ccc(C#N)cc3)ncnc21. The number of benzene rings is 1. The third kappa shape index (κ3) is 2.17. The van der Waals surface area contributed by atoms with Crippen LogP contribution in [0.15, 0.2) is 36.8 Å². The molecule has 0 fully saturated rings. The van der Waals surface area contributed by atoms with Crippen LogP contribution in [0, 0.1) is 11.3 Å². The van der Waals surface area contributed by atoms with Crippen LogP contribution in [0.4, 0.5) is 5.82 Å². The molecule has 0 atom stereocenters. The molecule has 1 N–H and O–H groups in total. The van der Waals surface area contributed by atoms with Crippen molar-refractivity contribution in [3.8, 4) is 6.07 Å². The van der Waals surface area contributed by atoms with Gasteiger partial charge in [0.1, 0.15) is 12.1 Å². The third-order valence-electron chi connectivity index (χ3n) is 3.07. The lowest BCUT2D eigenvalue weighted by molar-refractivity contribution is 0.785. The Morgan fingerprint density at radius 2 is 2.05 bits per heavy atom. The first kappa shape index (κ1) is 12.1. The van der Waals surface area contributed by atoms with Gasteiger partial charge in [-0.1, -0.05) is 12.1 Å². The van der Waals surface area contributed by atoms with Crippen molar-refractivity contribution in [3.63, 3.8) is 0 Å². The van der Waals surface area contributed by atoms with E-state index in [4.69, 9.17) is 5.26 Å². The maximum absolute atomic E-state index is 8.77. The van der Waals surface area contributed by atoms with Crippen LogP contribution in [-0.4, -0.2) is 19.7 Å². The first-order chi connectivity index (χ1) is 9.78. The number of nitrogens with one attached hydrogen (secondary N) is 1. The fraction of sp³-hybridized carbons (Fsp3) is 0.143. The molecule has 0 spiro atoms. The molecule has 2 aromatic heterocycles. The predicted octanol–water partition coefficient (Wildman–Crippen LogP) is 1.85. The molecule has 6 heteroatoms. The lowest BCUT2D eigenvalue weighted by Crippen LogP contribution is -2.02. The molecule has 0 amide bonds. The molecule has 0 unspecified atom stereocenters. The fourth-order valence-electron chi connectivity index (χ4n) is 1.99. The smallest absolute Gasteiger partial charge is 0.163 e. The molecule has 0 aliphatic rings. The van der Waals surface area contributed by atoms with Crippen LogP contribution in [0.3, 0.4) is 0 Å². The van der Waals surface area contributed by atoms with Crippen LogP contribution < -0.4 is 5.32 Å². The standard InChI is InChI=1S/C14H12N6/c1-20-14-12(8-19-20)13(17-9-18-14)16-7-11-4-2-10(6-15)3-5-11/h2-5,8-9H,7H2,1H3,(H,16,17,18). The van der Waals surface area contributed by atoms with Gasteiger partial charge in [-0.05, 0) is 17.7 Å². The average molecular weight is 264 g/mol. The monoisotopic (exact) mass is 264 g/mol. The van der Waals surface area contributed by atoms with Crippen LogP contribution in [0.5, 0.6) is 0 Å². The molecular weight excluding hydrogens is 252 g/mol. The van der Waals surface area contributed by atoms with E-state index >= 15 is 0 Å². The summed E-state index contributed by atoms with van der Waals surface area (Å²) in [6, 6.07) is 9.55. The van der Waals surface area contributed by atoms with Crippen LogP contribution in [0.1, 0.15) is 11.1 Å². The van der Waals surface area contributed by atoms with E-state index in [1.54, 1.807) is 23.0 Å². The van der Waals surface area contributed by atoms with Crippen molar-refractivity contribution in [2.75, 3.05) is 5.32 Å². The maximum atomic E-state index is 8.77. The van der Waals surface area contributed by atoms with Crippen molar-refractivity contribution in [3.05, 3.63) is 47.9 Å². The summed E-state index contributed by atoms with van der Waals surface area (Å²) in [6.07, 6.45) is 3.27. The van der Waals surface area contributed by atoms with Gasteiger partial charge in [0.25, 0.3) is 0 Å². The summed E-state index contributed by atoms with van der Waals surface area (Å²) < 4.78 is 1.71. The predicted molar refractivity (Wildman–Crippen MR) is 74.8 cm³/mol. The van der Waals surface area contributed by atoms with Gasteiger partial charge in [-0.25, -0.2) is 9.97 Å². The number of nitriles is 1. The van der Waals surface area contributed by atoms with Crippen LogP contribution in [0.2, 0.25) is 0 Å². The molecule has 98 valence electrons. The van der Waals surface area contributed by atoms with Crippen molar-refractivity contribution < 1.29 is 0 Å². The van der Waals surface area contributed by atoms with E-state index in [1.165, 1.54) is 6.33 Å². The van der Waals surface area contributed by atoms with Crippen molar-refractivity contribution in [1.29, 1.82) is 5.26 Å². The second kappa shape index (κ2) is 4.97. The van der Waals surface area contributed by atoms with E-state index in [1.807, 2.05) is 19.2 Å². The summed E-state index contributed by atoms with van der Waals surface area (Å²) in [7, 11) is 1.85.